The second-order valence-corrected chi connectivity index (χ2v) is 8.91. The minimum Gasteiger partial charge on any atom is -0.626 e. The van der Waals surface area contributed by atoms with Gasteiger partial charge < -0.3 is 24.2 Å². The summed E-state index contributed by atoms with van der Waals surface area (Å²) in [6, 6.07) is 14.9. The van der Waals surface area contributed by atoms with Crippen LogP contribution in [0.1, 0.15) is 21.5 Å². The molecule has 4 rings (SSSR count). The zero-order chi connectivity index (χ0) is 24.3. The van der Waals surface area contributed by atoms with Gasteiger partial charge in [0.2, 0.25) is 5.82 Å². The summed E-state index contributed by atoms with van der Waals surface area (Å²) in [5, 5.41) is 14.0. The third-order valence-corrected chi connectivity index (χ3v) is 6.40. The Morgan fingerprint density at radius 2 is 1.91 bits per heavy atom. The van der Waals surface area contributed by atoms with E-state index in [4.69, 9.17) is 21.1 Å². The van der Waals surface area contributed by atoms with Crippen LogP contribution in [0.5, 0.6) is 5.75 Å². The smallest absolute Gasteiger partial charge is 0.256 e. The normalized spacial score (nSPS) is 15.1. The number of amides is 1. The topological polar surface area (TPSA) is 74.7 Å². The first-order valence-electron chi connectivity index (χ1n) is 11.1. The molecule has 2 heterocycles. The molecule has 1 aliphatic rings. The predicted molar refractivity (Wildman–Crippen MR) is 134 cm³/mol. The largest absolute Gasteiger partial charge is 0.626 e. The van der Waals surface area contributed by atoms with Gasteiger partial charge in [-0.1, -0.05) is 35.9 Å². The maximum Gasteiger partial charge on any atom is 0.256 e. The van der Waals surface area contributed by atoms with Crippen molar-refractivity contribution in [2.24, 2.45) is 0 Å². The fourth-order valence-corrected chi connectivity index (χ4v) is 4.40. The van der Waals surface area contributed by atoms with Crippen LogP contribution in [0.2, 0.25) is 5.02 Å². The zero-order valence-electron chi connectivity index (χ0n) is 19.6. The molecule has 1 fully saturated rings. The maximum absolute atomic E-state index is 13.6. The first-order chi connectivity index (χ1) is 16.3. The second kappa shape index (κ2) is 10.1. The second-order valence-electron chi connectivity index (χ2n) is 8.47. The molecule has 2 aromatic carbocycles. The van der Waals surface area contributed by atoms with Crippen LogP contribution in [0.25, 0.3) is 11.1 Å². The molecule has 1 amide bonds. The average Bonchev–Trinajstić information content (AvgIpc) is 2.84. The molecule has 0 bridgehead atoms. The number of hydrogen-bond acceptors (Lipinski definition) is 5. The molecule has 1 aromatic heterocycles. The third-order valence-electron chi connectivity index (χ3n) is 6.16. The molecule has 0 spiro atoms. The molecule has 0 N–H and O–H groups in total. The minimum atomic E-state index is -0.567. The molecule has 34 heavy (non-hydrogen) atoms. The Kier molecular flexibility index (Phi) is 7.19. The van der Waals surface area contributed by atoms with Gasteiger partial charge in [-0.05, 0) is 36.2 Å². The highest BCUT2D eigenvalue weighted by atomic mass is 35.5. The number of halogens is 1. The first kappa shape index (κ1) is 24.2. The van der Waals surface area contributed by atoms with Gasteiger partial charge in [0.05, 0.1) is 25.9 Å². The number of carbonyl (C=O) groups is 1. The molecule has 0 unspecified atom stereocenters. The summed E-state index contributed by atoms with van der Waals surface area (Å²) in [6.07, 6.45) is 1.53. The number of aromatic nitrogens is 1. The standard InChI is InChI=1S/C26H28ClN3O4/c1-18-6-4-5-7-21(18)22-15-25(30(32)10-12-34-13-11-30)28-16-23(22)26(31)29(2)17-19-14-20(27)8-9-24(19)33-3/h4-9,14-16H,10-13,17H2,1-3H3. The van der Waals surface area contributed by atoms with Crippen LogP contribution in [-0.2, 0) is 11.3 Å². The molecule has 0 aliphatic carbocycles. The lowest BCUT2D eigenvalue weighted by molar-refractivity contribution is 0.0601. The molecule has 0 radical (unpaired) electrons. The number of morpholine rings is 1. The van der Waals surface area contributed by atoms with Gasteiger partial charge in [0.25, 0.3) is 5.91 Å². The van der Waals surface area contributed by atoms with Gasteiger partial charge in [-0.25, -0.2) is 4.98 Å². The van der Waals surface area contributed by atoms with Crippen LogP contribution < -0.4 is 9.38 Å². The summed E-state index contributed by atoms with van der Waals surface area (Å²) in [7, 11) is 3.31. The van der Waals surface area contributed by atoms with Crippen molar-refractivity contribution in [2.75, 3.05) is 40.5 Å². The predicted octanol–water partition coefficient (Wildman–Crippen LogP) is 4.83. The fraction of sp³-hybridized carbons (Fsp3) is 0.308. The Labute approximate surface area is 204 Å². The third kappa shape index (κ3) is 4.93. The van der Waals surface area contributed by atoms with E-state index in [1.165, 1.54) is 6.20 Å². The van der Waals surface area contributed by atoms with E-state index in [0.717, 1.165) is 16.7 Å². The lowest BCUT2D eigenvalue weighted by Gasteiger charge is -2.43. The van der Waals surface area contributed by atoms with Gasteiger partial charge in [0.15, 0.2) is 0 Å². The van der Waals surface area contributed by atoms with Crippen molar-refractivity contribution in [1.82, 2.24) is 14.5 Å². The minimum absolute atomic E-state index is 0.209. The van der Waals surface area contributed by atoms with Crippen molar-refractivity contribution in [1.29, 1.82) is 0 Å². The van der Waals surface area contributed by atoms with Crippen LogP contribution in [0.4, 0.5) is 5.82 Å². The maximum atomic E-state index is 13.6. The summed E-state index contributed by atoms with van der Waals surface area (Å²) < 4.78 is 10.2. The fourth-order valence-electron chi connectivity index (χ4n) is 4.21. The highest BCUT2D eigenvalue weighted by molar-refractivity contribution is 6.30. The molecule has 0 saturated carbocycles. The van der Waals surface area contributed by atoms with Gasteiger partial charge in [0, 0.05) is 42.0 Å². The highest BCUT2D eigenvalue weighted by Gasteiger charge is 2.28. The van der Waals surface area contributed by atoms with E-state index < -0.39 is 4.65 Å². The summed E-state index contributed by atoms with van der Waals surface area (Å²) in [6.45, 7) is 3.65. The molecule has 178 valence electrons. The number of ether oxygens (including phenoxy) is 2. The van der Waals surface area contributed by atoms with Gasteiger partial charge >= 0.3 is 0 Å². The number of nitrogens with zero attached hydrogens (tertiary/aromatic N) is 3. The number of benzene rings is 2. The summed E-state index contributed by atoms with van der Waals surface area (Å²) in [5.74, 6) is 0.831. The Bertz CT molecular complexity index is 1190. The lowest BCUT2D eigenvalue weighted by Crippen LogP contribution is -2.52. The monoisotopic (exact) mass is 481 g/mol. The Balaban J connectivity index is 1.74. The van der Waals surface area contributed by atoms with E-state index in [2.05, 4.69) is 4.98 Å². The summed E-state index contributed by atoms with van der Waals surface area (Å²) in [4.78, 5) is 19.7. The Morgan fingerprint density at radius 1 is 1.18 bits per heavy atom. The zero-order valence-corrected chi connectivity index (χ0v) is 20.3. The number of hydrogen-bond donors (Lipinski definition) is 0. The highest BCUT2D eigenvalue weighted by Crippen LogP contribution is 2.33. The van der Waals surface area contributed by atoms with Crippen LogP contribution in [0.3, 0.4) is 0 Å². The number of hydroxylamine groups is 2. The van der Waals surface area contributed by atoms with Crippen LogP contribution >= 0.6 is 11.6 Å². The van der Waals surface area contributed by atoms with Crippen molar-refractivity contribution in [3.63, 3.8) is 0 Å². The lowest BCUT2D eigenvalue weighted by atomic mass is 9.96. The van der Waals surface area contributed by atoms with Gasteiger partial charge in [0.1, 0.15) is 18.8 Å². The number of quaternary nitrogens is 1. The summed E-state index contributed by atoms with van der Waals surface area (Å²) >= 11 is 6.17. The van der Waals surface area contributed by atoms with E-state index in [1.807, 2.05) is 31.2 Å². The summed E-state index contributed by atoms with van der Waals surface area (Å²) in [5.41, 5.74) is 3.82. The van der Waals surface area contributed by atoms with Crippen molar-refractivity contribution < 1.29 is 14.3 Å². The molecule has 0 atom stereocenters. The van der Waals surface area contributed by atoms with E-state index in [0.29, 0.717) is 60.6 Å². The van der Waals surface area contributed by atoms with Crippen molar-refractivity contribution in [3.05, 3.63) is 81.6 Å². The first-order valence-corrected chi connectivity index (χ1v) is 11.5. The van der Waals surface area contributed by atoms with Crippen LogP contribution in [0, 0.1) is 12.1 Å². The van der Waals surface area contributed by atoms with Gasteiger partial charge in [-0.2, -0.15) is 0 Å². The van der Waals surface area contributed by atoms with Crippen molar-refractivity contribution >= 4 is 23.3 Å². The van der Waals surface area contributed by atoms with E-state index in [9.17, 15) is 10.0 Å². The van der Waals surface area contributed by atoms with Crippen molar-refractivity contribution in [3.8, 4) is 16.9 Å². The number of pyridine rings is 1. The Hall–Kier alpha value is -2.97. The number of carbonyl (C=O) groups excluding carboxylic acids is 1. The molecule has 3 aromatic rings. The quantitative estimate of drug-likeness (QED) is 0.372. The molecule has 7 nitrogen and oxygen atoms in total. The average molecular weight is 482 g/mol. The number of rotatable bonds is 6. The van der Waals surface area contributed by atoms with Gasteiger partial charge in [-0.15, -0.1) is 0 Å². The molecular formula is C26H28ClN3O4. The van der Waals surface area contributed by atoms with E-state index in [1.54, 1.807) is 43.3 Å². The molecule has 1 saturated heterocycles. The molecule has 8 heteroatoms. The van der Waals surface area contributed by atoms with Gasteiger partial charge in [-0.3, -0.25) is 4.79 Å². The number of methoxy groups -OCH3 is 1. The van der Waals surface area contributed by atoms with Crippen LogP contribution in [0.15, 0.2) is 54.7 Å². The SMILES string of the molecule is COc1ccc(Cl)cc1CN(C)C(=O)c1cnc([N+]2([O-])CCOCC2)cc1-c1ccccc1C. The van der Waals surface area contributed by atoms with E-state index in [-0.39, 0.29) is 5.91 Å². The molecular weight excluding hydrogens is 454 g/mol. The van der Waals surface area contributed by atoms with Crippen LogP contribution in [-0.4, -0.2) is 56.3 Å². The van der Waals surface area contributed by atoms with Crippen molar-refractivity contribution in [2.45, 2.75) is 13.5 Å². The number of aryl methyl sites for hydroxylation is 1. The molecule has 1 aliphatic heterocycles. The Morgan fingerprint density at radius 3 is 2.62 bits per heavy atom. The van der Waals surface area contributed by atoms with E-state index >= 15 is 0 Å².